The van der Waals surface area contributed by atoms with Crippen LogP contribution in [0.15, 0.2) is 40.8 Å². The van der Waals surface area contributed by atoms with Crippen molar-refractivity contribution in [2.24, 2.45) is 0 Å². The summed E-state index contributed by atoms with van der Waals surface area (Å²) < 4.78 is 82.6. The summed E-state index contributed by atoms with van der Waals surface area (Å²) in [4.78, 5) is 12.1. The van der Waals surface area contributed by atoms with Crippen molar-refractivity contribution in [2.75, 3.05) is 12.4 Å². The number of hydrogen-bond acceptors (Lipinski definition) is 4. The Morgan fingerprint density at radius 2 is 1.48 bits per heavy atom. The number of halogens is 5. The summed E-state index contributed by atoms with van der Waals surface area (Å²) in [6, 6.07) is 9.26. The molecule has 29 heavy (non-hydrogen) atoms. The van der Waals surface area contributed by atoms with Crippen molar-refractivity contribution < 1.29 is 40.6 Å². The third kappa shape index (κ3) is 4.00. The number of ether oxygens (including phenoxy) is 2. The van der Waals surface area contributed by atoms with E-state index < -0.39 is 46.4 Å². The van der Waals surface area contributed by atoms with Gasteiger partial charge in [-0.05, 0) is 24.3 Å². The van der Waals surface area contributed by atoms with Crippen molar-refractivity contribution in [3.63, 3.8) is 0 Å². The highest BCUT2D eigenvalue weighted by Gasteiger charge is 2.27. The first kappa shape index (κ1) is 20.2. The number of amides is 1. The fraction of sp³-hybridized carbons (Fsp3) is 0.105. The standard InChI is InChI=1S/C19H12F5NO4/c1-27-10-4-2-3-5-11(10)28-8-9-6-7-12(29-9)19(26)25-18-16(23)14(21)13(20)15(22)17(18)24/h2-7H,8H2,1H3,(H,25,26). The van der Waals surface area contributed by atoms with Gasteiger partial charge in [0.15, 0.2) is 40.5 Å². The minimum absolute atomic E-state index is 0.115. The number of methoxy groups -OCH3 is 1. The number of carbonyl (C=O) groups excluding carboxylic acids is 1. The first-order valence-electron chi connectivity index (χ1n) is 8.00. The van der Waals surface area contributed by atoms with E-state index in [-0.39, 0.29) is 12.4 Å². The molecule has 1 heterocycles. The fourth-order valence-corrected chi connectivity index (χ4v) is 2.35. The third-order valence-electron chi connectivity index (χ3n) is 3.77. The summed E-state index contributed by atoms with van der Waals surface area (Å²) in [7, 11) is 1.46. The van der Waals surface area contributed by atoms with Crippen LogP contribution in [0.5, 0.6) is 11.5 Å². The number of para-hydroxylation sites is 2. The number of furan rings is 1. The topological polar surface area (TPSA) is 60.7 Å². The Bertz CT molecular complexity index is 1040. The molecule has 3 rings (SSSR count). The van der Waals surface area contributed by atoms with Crippen LogP contribution in [-0.4, -0.2) is 13.0 Å². The number of benzene rings is 2. The molecule has 0 atom stereocenters. The zero-order valence-corrected chi connectivity index (χ0v) is 14.7. The van der Waals surface area contributed by atoms with Crippen LogP contribution in [0.25, 0.3) is 0 Å². The van der Waals surface area contributed by atoms with Gasteiger partial charge in [0.25, 0.3) is 5.91 Å². The van der Waals surface area contributed by atoms with Gasteiger partial charge in [-0.25, -0.2) is 22.0 Å². The molecule has 0 bridgehead atoms. The molecule has 0 aliphatic heterocycles. The van der Waals surface area contributed by atoms with Crippen LogP contribution in [0.2, 0.25) is 0 Å². The highest BCUT2D eigenvalue weighted by molar-refractivity contribution is 6.02. The van der Waals surface area contributed by atoms with Crippen molar-refractivity contribution >= 4 is 11.6 Å². The lowest BCUT2D eigenvalue weighted by Crippen LogP contribution is -2.16. The Morgan fingerprint density at radius 1 is 0.897 bits per heavy atom. The largest absolute Gasteiger partial charge is 0.493 e. The zero-order chi connectivity index (χ0) is 21.1. The Hall–Kier alpha value is -3.56. The van der Waals surface area contributed by atoms with E-state index in [1.807, 2.05) is 0 Å². The predicted molar refractivity (Wildman–Crippen MR) is 90.2 cm³/mol. The summed E-state index contributed by atoms with van der Waals surface area (Å²) in [5, 5.41) is 1.62. The average Bonchev–Trinajstić information content (AvgIpc) is 3.21. The van der Waals surface area contributed by atoms with E-state index in [2.05, 4.69) is 0 Å². The highest BCUT2D eigenvalue weighted by Crippen LogP contribution is 2.28. The van der Waals surface area contributed by atoms with Crippen molar-refractivity contribution in [1.82, 2.24) is 0 Å². The first-order chi connectivity index (χ1) is 13.8. The smallest absolute Gasteiger partial charge is 0.291 e. The van der Waals surface area contributed by atoms with Gasteiger partial charge in [0.1, 0.15) is 18.1 Å². The van der Waals surface area contributed by atoms with Gasteiger partial charge in [-0.1, -0.05) is 12.1 Å². The molecule has 5 nitrogen and oxygen atoms in total. The molecule has 3 aromatic rings. The highest BCUT2D eigenvalue weighted by atomic mass is 19.2. The third-order valence-corrected chi connectivity index (χ3v) is 3.77. The quantitative estimate of drug-likeness (QED) is 0.358. The van der Waals surface area contributed by atoms with Crippen LogP contribution in [0.1, 0.15) is 16.3 Å². The molecular formula is C19H12F5NO4. The lowest BCUT2D eigenvalue weighted by atomic mass is 10.2. The second-order valence-corrected chi connectivity index (χ2v) is 5.60. The van der Waals surface area contributed by atoms with Crippen LogP contribution >= 0.6 is 0 Å². The molecule has 1 aromatic heterocycles. The molecule has 0 unspecified atom stereocenters. The second-order valence-electron chi connectivity index (χ2n) is 5.60. The van der Waals surface area contributed by atoms with Gasteiger partial charge in [0.05, 0.1) is 7.11 Å². The molecule has 0 fully saturated rings. The van der Waals surface area contributed by atoms with Crippen molar-refractivity contribution in [1.29, 1.82) is 0 Å². The van der Waals surface area contributed by atoms with Gasteiger partial charge in [0.2, 0.25) is 5.82 Å². The number of rotatable bonds is 6. The van der Waals surface area contributed by atoms with Crippen LogP contribution in [0.4, 0.5) is 27.6 Å². The van der Waals surface area contributed by atoms with E-state index in [4.69, 9.17) is 13.9 Å². The van der Waals surface area contributed by atoms with E-state index in [1.165, 1.54) is 13.2 Å². The van der Waals surface area contributed by atoms with E-state index in [0.29, 0.717) is 11.5 Å². The molecule has 0 aliphatic rings. The minimum atomic E-state index is -2.33. The summed E-state index contributed by atoms with van der Waals surface area (Å²) in [5.74, 6) is -11.6. The molecule has 1 amide bonds. The van der Waals surface area contributed by atoms with E-state index in [0.717, 1.165) is 6.07 Å². The zero-order valence-electron chi connectivity index (χ0n) is 14.7. The van der Waals surface area contributed by atoms with Crippen molar-refractivity contribution in [2.45, 2.75) is 6.61 Å². The molecule has 0 spiro atoms. The SMILES string of the molecule is COc1ccccc1OCc1ccc(C(=O)Nc2c(F)c(F)c(F)c(F)c2F)o1. The minimum Gasteiger partial charge on any atom is -0.493 e. The van der Waals surface area contributed by atoms with Crippen molar-refractivity contribution in [3.8, 4) is 11.5 Å². The molecular weight excluding hydrogens is 401 g/mol. The predicted octanol–water partition coefficient (Wildman–Crippen LogP) is 4.82. The fourth-order valence-electron chi connectivity index (χ4n) is 2.35. The summed E-state index contributed by atoms with van der Waals surface area (Å²) in [6.45, 7) is -0.115. The second kappa shape index (κ2) is 8.21. The maximum atomic E-state index is 13.7. The number of nitrogens with one attached hydrogen (secondary N) is 1. The van der Waals surface area contributed by atoms with Gasteiger partial charge >= 0.3 is 0 Å². The summed E-state index contributed by atoms with van der Waals surface area (Å²) in [6.07, 6.45) is 0. The van der Waals surface area contributed by atoms with Crippen molar-refractivity contribution in [3.05, 3.63) is 77.0 Å². The maximum Gasteiger partial charge on any atom is 0.291 e. The first-order valence-corrected chi connectivity index (χ1v) is 8.00. The van der Waals surface area contributed by atoms with Gasteiger partial charge in [0, 0.05) is 0 Å². The van der Waals surface area contributed by atoms with Gasteiger partial charge in [-0.15, -0.1) is 0 Å². The Balaban J connectivity index is 1.74. The van der Waals surface area contributed by atoms with Gasteiger partial charge < -0.3 is 19.2 Å². The summed E-state index contributed by atoms with van der Waals surface area (Å²) in [5.41, 5.74) is -1.48. The normalized spacial score (nSPS) is 10.7. The Morgan fingerprint density at radius 3 is 2.10 bits per heavy atom. The Labute approximate surface area is 160 Å². The van der Waals surface area contributed by atoms with Crippen LogP contribution in [0, 0.1) is 29.1 Å². The van der Waals surface area contributed by atoms with Crippen LogP contribution in [0.3, 0.4) is 0 Å². The molecule has 0 saturated carbocycles. The maximum absolute atomic E-state index is 13.7. The average molecular weight is 413 g/mol. The summed E-state index contributed by atoms with van der Waals surface area (Å²) >= 11 is 0. The molecule has 0 aliphatic carbocycles. The lowest BCUT2D eigenvalue weighted by Gasteiger charge is -2.09. The van der Waals surface area contributed by atoms with Crippen LogP contribution in [-0.2, 0) is 6.61 Å². The van der Waals surface area contributed by atoms with Gasteiger partial charge in [-0.2, -0.15) is 0 Å². The van der Waals surface area contributed by atoms with E-state index in [1.54, 1.807) is 29.6 Å². The molecule has 10 heteroatoms. The van der Waals surface area contributed by atoms with E-state index >= 15 is 0 Å². The Kier molecular flexibility index (Phi) is 5.71. The number of anilines is 1. The lowest BCUT2D eigenvalue weighted by molar-refractivity contribution is 0.0991. The molecule has 1 N–H and O–H groups in total. The monoisotopic (exact) mass is 413 g/mol. The molecule has 2 aromatic carbocycles. The van der Waals surface area contributed by atoms with Crippen LogP contribution < -0.4 is 14.8 Å². The molecule has 0 radical (unpaired) electrons. The molecule has 0 saturated heterocycles. The molecule has 152 valence electrons. The van der Waals surface area contributed by atoms with E-state index in [9.17, 15) is 26.7 Å². The van der Waals surface area contributed by atoms with Gasteiger partial charge in [-0.3, -0.25) is 4.79 Å². The number of carbonyl (C=O) groups is 1. The number of hydrogen-bond donors (Lipinski definition) is 1.